The van der Waals surface area contributed by atoms with Gasteiger partial charge in [0.15, 0.2) is 0 Å². The smallest absolute Gasteiger partial charge is 0.247 e. The molecule has 0 aromatic carbocycles. The lowest BCUT2D eigenvalue weighted by molar-refractivity contribution is -0.135. The lowest BCUT2D eigenvalue weighted by Gasteiger charge is -2.30. The molecular formula is C17H26N8O3S. The standard InChI is InChI=1S/C17H26N8O3S/c1-13(25-12-18-11-20-25)16(27)23-6-3-15(26)19-5-7-24(9-8-23)17-21-14(22-29-17)4-10-28-2/h11-13H,3-10H2,1-2H3,(H,19,26)/t13-/m0/s1. The highest BCUT2D eigenvalue weighted by atomic mass is 32.1. The molecule has 11 nitrogen and oxygen atoms in total. The van der Waals surface area contributed by atoms with E-state index in [0.29, 0.717) is 45.8 Å². The molecule has 2 aromatic heterocycles. The number of carbonyl (C=O) groups is 2. The van der Waals surface area contributed by atoms with Crippen LogP contribution in [0.2, 0.25) is 0 Å². The number of nitrogens with one attached hydrogen (secondary N) is 1. The summed E-state index contributed by atoms with van der Waals surface area (Å²) in [5.74, 6) is 0.568. The molecule has 0 radical (unpaired) electrons. The zero-order chi connectivity index (χ0) is 20.6. The van der Waals surface area contributed by atoms with Crippen molar-refractivity contribution < 1.29 is 14.3 Å². The molecule has 0 spiro atoms. The van der Waals surface area contributed by atoms with Crippen molar-refractivity contribution in [3.05, 3.63) is 18.5 Å². The van der Waals surface area contributed by atoms with Gasteiger partial charge in [-0.2, -0.15) is 9.47 Å². The first-order chi connectivity index (χ1) is 14.1. The summed E-state index contributed by atoms with van der Waals surface area (Å²) in [5, 5.41) is 7.73. The van der Waals surface area contributed by atoms with Crippen molar-refractivity contribution in [3.63, 3.8) is 0 Å². The molecule has 3 heterocycles. The lowest BCUT2D eigenvalue weighted by atomic mass is 10.2. The Bertz CT molecular complexity index is 796. The number of carbonyl (C=O) groups excluding carboxylic acids is 2. The SMILES string of the molecule is COCCc1nsc(N2CCNC(=O)CCN(C(=O)[C@H](C)n3cncn3)CC2)n1. The molecule has 0 saturated carbocycles. The minimum atomic E-state index is -0.487. The fraction of sp³-hybridized carbons (Fsp3) is 0.647. The molecule has 158 valence electrons. The van der Waals surface area contributed by atoms with E-state index in [-0.39, 0.29) is 18.2 Å². The average Bonchev–Trinajstić information content (AvgIpc) is 3.42. The van der Waals surface area contributed by atoms with Crippen LogP contribution in [0.5, 0.6) is 0 Å². The monoisotopic (exact) mass is 422 g/mol. The Morgan fingerprint density at radius 3 is 2.97 bits per heavy atom. The van der Waals surface area contributed by atoms with Gasteiger partial charge >= 0.3 is 0 Å². The van der Waals surface area contributed by atoms with E-state index in [0.717, 1.165) is 11.0 Å². The number of hydrogen-bond donors (Lipinski definition) is 1. The summed E-state index contributed by atoms with van der Waals surface area (Å²) in [4.78, 5) is 37.3. The highest BCUT2D eigenvalue weighted by Gasteiger charge is 2.25. The van der Waals surface area contributed by atoms with E-state index >= 15 is 0 Å². The number of methoxy groups -OCH3 is 1. The van der Waals surface area contributed by atoms with E-state index in [1.807, 2.05) is 0 Å². The van der Waals surface area contributed by atoms with Gasteiger partial charge in [-0.3, -0.25) is 9.59 Å². The van der Waals surface area contributed by atoms with E-state index in [1.165, 1.54) is 28.9 Å². The second kappa shape index (κ2) is 10.3. The Morgan fingerprint density at radius 1 is 1.34 bits per heavy atom. The molecule has 1 N–H and O–H groups in total. The Kier molecular flexibility index (Phi) is 7.47. The lowest BCUT2D eigenvalue weighted by Crippen LogP contribution is -2.46. The minimum absolute atomic E-state index is 0.0730. The molecule has 2 aromatic rings. The van der Waals surface area contributed by atoms with Gasteiger partial charge in [-0.15, -0.1) is 0 Å². The third-order valence-electron chi connectivity index (χ3n) is 4.71. The molecule has 1 fully saturated rings. The van der Waals surface area contributed by atoms with Crippen LogP contribution in [0.15, 0.2) is 12.7 Å². The van der Waals surface area contributed by atoms with Crippen LogP contribution >= 0.6 is 11.5 Å². The van der Waals surface area contributed by atoms with Gasteiger partial charge in [0.05, 0.1) is 6.61 Å². The van der Waals surface area contributed by atoms with Gasteiger partial charge in [0.2, 0.25) is 16.9 Å². The number of amides is 2. The predicted octanol–water partition coefficient (Wildman–Crippen LogP) is -0.265. The first-order valence-electron chi connectivity index (χ1n) is 9.54. The zero-order valence-corrected chi connectivity index (χ0v) is 17.5. The normalized spacial score (nSPS) is 17.1. The Morgan fingerprint density at radius 2 is 2.21 bits per heavy atom. The van der Waals surface area contributed by atoms with Gasteiger partial charge in [-0.05, 0) is 6.92 Å². The van der Waals surface area contributed by atoms with E-state index in [9.17, 15) is 9.59 Å². The number of ether oxygens (including phenoxy) is 1. The summed E-state index contributed by atoms with van der Waals surface area (Å²) < 4.78 is 11.0. The van der Waals surface area contributed by atoms with E-state index in [2.05, 4.69) is 29.7 Å². The molecule has 1 saturated heterocycles. The number of nitrogens with zero attached hydrogens (tertiary/aromatic N) is 7. The van der Waals surface area contributed by atoms with Gasteiger partial charge in [0.25, 0.3) is 0 Å². The van der Waals surface area contributed by atoms with Gasteiger partial charge in [-0.1, -0.05) is 0 Å². The summed E-state index contributed by atoms with van der Waals surface area (Å²) in [5.41, 5.74) is 0. The van der Waals surface area contributed by atoms with Crippen LogP contribution in [0.1, 0.15) is 25.2 Å². The third-order valence-corrected chi connectivity index (χ3v) is 5.53. The van der Waals surface area contributed by atoms with Crippen LogP contribution in [0.3, 0.4) is 0 Å². The highest BCUT2D eigenvalue weighted by Crippen LogP contribution is 2.18. The van der Waals surface area contributed by atoms with Crippen LogP contribution in [0.4, 0.5) is 5.13 Å². The number of aromatic nitrogens is 5. The summed E-state index contributed by atoms with van der Waals surface area (Å²) in [7, 11) is 1.65. The first-order valence-corrected chi connectivity index (χ1v) is 10.3. The molecule has 3 rings (SSSR count). The topological polar surface area (TPSA) is 118 Å². The maximum Gasteiger partial charge on any atom is 0.247 e. The second-order valence-corrected chi connectivity index (χ2v) is 7.43. The van der Waals surface area contributed by atoms with Gasteiger partial charge in [0.1, 0.15) is 24.5 Å². The third kappa shape index (κ3) is 5.70. The second-order valence-electron chi connectivity index (χ2n) is 6.70. The summed E-state index contributed by atoms with van der Waals surface area (Å²) in [6, 6.07) is -0.487. The van der Waals surface area contributed by atoms with E-state index in [1.54, 1.807) is 18.9 Å². The fourth-order valence-corrected chi connectivity index (χ4v) is 3.76. The van der Waals surface area contributed by atoms with Crippen LogP contribution in [-0.2, 0) is 20.7 Å². The molecule has 12 heteroatoms. The molecule has 1 atom stereocenters. The van der Waals surface area contributed by atoms with Gasteiger partial charge in [0, 0.05) is 64.2 Å². The summed E-state index contributed by atoms with van der Waals surface area (Å²) >= 11 is 1.32. The molecule has 1 aliphatic rings. The van der Waals surface area contributed by atoms with Crippen molar-refractivity contribution in [2.45, 2.75) is 25.8 Å². The maximum atomic E-state index is 13.0. The van der Waals surface area contributed by atoms with Crippen molar-refractivity contribution in [3.8, 4) is 0 Å². The van der Waals surface area contributed by atoms with Gasteiger partial charge in [-0.25, -0.2) is 14.6 Å². The summed E-state index contributed by atoms with van der Waals surface area (Å²) in [6.45, 7) is 4.91. The number of hydrogen-bond acceptors (Lipinski definition) is 9. The summed E-state index contributed by atoms with van der Waals surface area (Å²) in [6.07, 6.45) is 3.84. The quantitative estimate of drug-likeness (QED) is 0.676. The van der Waals surface area contributed by atoms with Crippen molar-refractivity contribution >= 4 is 28.5 Å². The Balaban J connectivity index is 1.70. The largest absolute Gasteiger partial charge is 0.384 e. The molecule has 0 unspecified atom stereocenters. The minimum Gasteiger partial charge on any atom is -0.384 e. The molecular weight excluding hydrogens is 396 g/mol. The molecule has 29 heavy (non-hydrogen) atoms. The zero-order valence-electron chi connectivity index (χ0n) is 16.7. The molecule has 0 bridgehead atoms. The Hall–Kier alpha value is -2.60. The van der Waals surface area contributed by atoms with E-state index in [4.69, 9.17) is 4.74 Å². The predicted molar refractivity (Wildman–Crippen MR) is 107 cm³/mol. The van der Waals surface area contributed by atoms with Crippen molar-refractivity contribution in [2.24, 2.45) is 0 Å². The molecule has 1 aliphatic heterocycles. The van der Waals surface area contributed by atoms with Gasteiger partial charge < -0.3 is 19.9 Å². The van der Waals surface area contributed by atoms with Crippen LogP contribution in [0.25, 0.3) is 0 Å². The first kappa shape index (κ1) is 21.1. The van der Waals surface area contributed by atoms with Crippen molar-refractivity contribution in [1.29, 1.82) is 0 Å². The number of rotatable bonds is 6. The van der Waals surface area contributed by atoms with E-state index < -0.39 is 6.04 Å². The van der Waals surface area contributed by atoms with Crippen LogP contribution in [-0.4, -0.2) is 87.3 Å². The van der Waals surface area contributed by atoms with Crippen molar-refractivity contribution in [2.75, 3.05) is 51.3 Å². The average molecular weight is 423 g/mol. The Labute approximate surface area is 173 Å². The van der Waals surface area contributed by atoms with Crippen molar-refractivity contribution in [1.82, 2.24) is 34.3 Å². The molecule has 2 amide bonds. The molecule has 0 aliphatic carbocycles. The van der Waals surface area contributed by atoms with Crippen LogP contribution in [0, 0.1) is 0 Å². The van der Waals surface area contributed by atoms with Crippen LogP contribution < -0.4 is 10.2 Å². The fourth-order valence-electron chi connectivity index (χ4n) is 2.99. The highest BCUT2D eigenvalue weighted by molar-refractivity contribution is 7.09. The number of anilines is 1. The maximum absolute atomic E-state index is 13.0.